The third-order valence-corrected chi connectivity index (χ3v) is 10.3. The van der Waals surface area contributed by atoms with E-state index in [4.69, 9.17) is 24.1 Å². The highest BCUT2D eigenvalue weighted by atomic mass is 32.2. The van der Waals surface area contributed by atoms with Gasteiger partial charge in [0.1, 0.15) is 18.4 Å². The van der Waals surface area contributed by atoms with Crippen LogP contribution in [0.15, 0.2) is 59.5 Å². The Morgan fingerprint density at radius 2 is 1.78 bits per heavy atom. The van der Waals surface area contributed by atoms with Crippen LogP contribution in [-0.4, -0.2) is 112 Å². The monoisotopic (exact) mass is 706 g/mol. The maximum atomic E-state index is 14.1. The van der Waals surface area contributed by atoms with Crippen LogP contribution in [0, 0.1) is 11.3 Å². The van der Waals surface area contributed by atoms with Gasteiger partial charge >= 0.3 is 18.1 Å². The first kappa shape index (κ1) is 37.9. The van der Waals surface area contributed by atoms with Crippen molar-refractivity contribution in [2.45, 2.75) is 62.5 Å². The van der Waals surface area contributed by atoms with E-state index in [-0.39, 0.29) is 43.5 Å². The Balaban J connectivity index is 1.53. The number of aliphatic hydroxyl groups excluding tert-OH is 1. The van der Waals surface area contributed by atoms with E-state index in [2.05, 4.69) is 16.0 Å². The lowest BCUT2D eigenvalue weighted by atomic mass is 9.89. The van der Waals surface area contributed by atoms with Crippen molar-refractivity contribution in [3.8, 4) is 5.75 Å². The molecule has 4 rings (SSSR count). The number of sulfonamides is 1. The lowest BCUT2D eigenvalue weighted by Crippen LogP contribution is -2.52. The Labute approximate surface area is 286 Å². The zero-order chi connectivity index (χ0) is 35.6. The van der Waals surface area contributed by atoms with Crippen LogP contribution < -0.4 is 20.7 Å². The van der Waals surface area contributed by atoms with E-state index in [9.17, 15) is 27.9 Å². The van der Waals surface area contributed by atoms with Crippen LogP contribution in [0.25, 0.3) is 0 Å². The fourth-order valence-electron chi connectivity index (χ4n) is 5.79. The normalized spacial score (nSPS) is 20.2. The molecule has 2 heterocycles. The summed E-state index contributed by atoms with van der Waals surface area (Å²) in [7, 11) is -2.73. The van der Waals surface area contributed by atoms with Gasteiger partial charge in [0, 0.05) is 19.6 Å². The number of carboxylic acids is 1. The van der Waals surface area contributed by atoms with Crippen LogP contribution in [0.5, 0.6) is 5.75 Å². The molecule has 49 heavy (non-hydrogen) atoms. The highest BCUT2D eigenvalue weighted by Gasteiger charge is 2.44. The van der Waals surface area contributed by atoms with E-state index in [1.807, 2.05) is 44.2 Å². The van der Waals surface area contributed by atoms with Crippen molar-refractivity contribution in [3.05, 3.63) is 60.2 Å². The van der Waals surface area contributed by atoms with Crippen molar-refractivity contribution in [3.63, 3.8) is 0 Å². The number of carbonyl (C=O) groups excluding carboxylic acids is 2. The van der Waals surface area contributed by atoms with E-state index in [0.717, 1.165) is 5.56 Å². The van der Waals surface area contributed by atoms with Gasteiger partial charge in [-0.05, 0) is 54.5 Å². The molecule has 0 unspecified atom stereocenters. The average molecular weight is 707 g/mol. The van der Waals surface area contributed by atoms with Crippen LogP contribution in [0.4, 0.5) is 9.59 Å². The fraction of sp³-hybridized carbons (Fsp3) is 0.545. The second kappa shape index (κ2) is 17.1. The lowest BCUT2D eigenvalue weighted by Gasteiger charge is -2.35. The average Bonchev–Trinajstić information content (AvgIpc) is 3.68. The molecule has 2 aromatic carbocycles. The van der Waals surface area contributed by atoms with Gasteiger partial charge in [-0.25, -0.2) is 18.0 Å². The van der Waals surface area contributed by atoms with Gasteiger partial charge in [-0.2, -0.15) is 4.31 Å². The van der Waals surface area contributed by atoms with Crippen molar-refractivity contribution in [1.29, 1.82) is 0 Å². The van der Waals surface area contributed by atoms with Crippen LogP contribution in [0.3, 0.4) is 0 Å². The first-order valence-electron chi connectivity index (χ1n) is 16.1. The van der Waals surface area contributed by atoms with Gasteiger partial charge in [0.05, 0.1) is 43.3 Å². The number of aliphatic hydroxyl groups is 1. The molecule has 0 aromatic heterocycles. The number of rotatable bonds is 17. The molecule has 2 aliphatic rings. The number of methoxy groups -OCH3 is 1. The predicted molar refractivity (Wildman–Crippen MR) is 176 cm³/mol. The number of hydrogen-bond donors (Lipinski definition) is 5. The van der Waals surface area contributed by atoms with Crippen molar-refractivity contribution < 1.29 is 52.0 Å². The van der Waals surface area contributed by atoms with Gasteiger partial charge in [-0.1, -0.05) is 44.2 Å². The maximum absolute atomic E-state index is 14.1. The predicted octanol–water partition coefficient (Wildman–Crippen LogP) is 1.95. The van der Waals surface area contributed by atoms with Crippen LogP contribution in [0.1, 0.15) is 32.3 Å². The number of hydrogen-bond acceptors (Lipinski definition) is 10. The van der Waals surface area contributed by atoms with Crippen LogP contribution in [0.2, 0.25) is 0 Å². The molecule has 5 atom stereocenters. The number of benzene rings is 2. The molecule has 2 saturated heterocycles. The molecule has 0 spiro atoms. The topological polar surface area (TPSA) is 202 Å². The summed E-state index contributed by atoms with van der Waals surface area (Å²) in [6.45, 7) is 3.45. The van der Waals surface area contributed by atoms with Crippen LogP contribution >= 0.6 is 0 Å². The highest BCUT2D eigenvalue weighted by Crippen LogP contribution is 2.33. The second-order valence-electron chi connectivity index (χ2n) is 12.9. The summed E-state index contributed by atoms with van der Waals surface area (Å²) in [4.78, 5) is 35.9. The summed E-state index contributed by atoms with van der Waals surface area (Å²) in [6, 6.07) is 13.4. The number of alkyl carbamates (subject to hydrolysis) is 1. The largest absolute Gasteiger partial charge is 0.497 e. The summed E-state index contributed by atoms with van der Waals surface area (Å²) in [6.07, 6.45) is -1.90. The number of aliphatic carboxylic acids is 1. The van der Waals surface area contributed by atoms with Crippen molar-refractivity contribution in [2.24, 2.45) is 11.3 Å². The number of urea groups is 1. The number of nitrogens with one attached hydrogen (secondary N) is 3. The van der Waals surface area contributed by atoms with Crippen molar-refractivity contribution in [2.75, 3.05) is 46.5 Å². The standard InChI is InChI=1S/C33H46N4O11S/c1-33(2,14-15-34-31(41)35-18-29(39)40)21-37(49(43,44)24-11-9-23(45-3)10-12-24)19-27(38)26(17-22-7-5-4-6-8-22)36-32(42)48-28-20-47-30-25(28)13-16-46-30/h4-12,25-28,30,38H,13-21H2,1-3H3,(H,36,42)(H,39,40)(H2,34,35,41)/t25-,26+,27-,28-,30+/m1/s1. The third-order valence-electron chi connectivity index (χ3n) is 8.49. The Morgan fingerprint density at radius 1 is 1.06 bits per heavy atom. The molecule has 270 valence electrons. The first-order valence-corrected chi connectivity index (χ1v) is 17.5. The molecule has 0 radical (unpaired) electrons. The summed E-state index contributed by atoms with van der Waals surface area (Å²) < 4.78 is 51.4. The zero-order valence-electron chi connectivity index (χ0n) is 27.9. The van der Waals surface area contributed by atoms with E-state index in [1.54, 1.807) is 0 Å². The van der Waals surface area contributed by atoms with Gasteiger partial charge < -0.3 is 45.1 Å². The number of nitrogens with zero attached hydrogens (tertiary/aromatic N) is 1. The van der Waals surface area contributed by atoms with Gasteiger partial charge in [-0.15, -0.1) is 0 Å². The Bertz CT molecular complexity index is 1510. The van der Waals surface area contributed by atoms with Crippen LogP contribution in [-0.2, 0) is 35.4 Å². The quantitative estimate of drug-likeness (QED) is 0.161. The fourth-order valence-corrected chi connectivity index (χ4v) is 7.44. The van der Waals surface area contributed by atoms with Crippen molar-refractivity contribution >= 4 is 28.1 Å². The summed E-state index contributed by atoms with van der Waals surface area (Å²) in [5, 5.41) is 28.0. The highest BCUT2D eigenvalue weighted by molar-refractivity contribution is 7.89. The number of fused-ring (bicyclic) bond motifs is 1. The Morgan fingerprint density at radius 3 is 2.45 bits per heavy atom. The van der Waals surface area contributed by atoms with Crippen molar-refractivity contribution in [1.82, 2.24) is 20.3 Å². The lowest BCUT2D eigenvalue weighted by molar-refractivity contribution is -0.135. The van der Waals surface area contributed by atoms with Gasteiger partial charge in [0.15, 0.2) is 6.29 Å². The smallest absolute Gasteiger partial charge is 0.407 e. The van der Waals surface area contributed by atoms with E-state index < -0.39 is 64.6 Å². The molecule has 2 aliphatic heterocycles. The van der Waals surface area contributed by atoms with Gasteiger partial charge in [0.2, 0.25) is 10.0 Å². The number of amides is 3. The SMILES string of the molecule is COc1ccc(S(=O)(=O)N(C[C@@H](O)[C@H](Cc2ccccc2)NC(=O)O[C@@H]2CO[C@@H]3OCC[C@@H]32)CC(C)(C)CCNC(=O)NCC(=O)O)cc1. The summed E-state index contributed by atoms with van der Waals surface area (Å²) in [5.41, 5.74) is 0.0700. The molecule has 3 amide bonds. The molecule has 16 heteroatoms. The minimum absolute atomic E-state index is 0.0241. The number of ether oxygens (including phenoxy) is 4. The number of carbonyl (C=O) groups is 3. The molecule has 2 fully saturated rings. The number of carboxylic acid groups (broad SMARTS) is 1. The molecule has 0 saturated carbocycles. The zero-order valence-corrected chi connectivity index (χ0v) is 28.7. The second-order valence-corrected chi connectivity index (χ2v) is 14.8. The molecular formula is C33H46N4O11S. The third kappa shape index (κ3) is 11.0. The van der Waals surface area contributed by atoms with E-state index in [0.29, 0.717) is 25.2 Å². The molecule has 2 aromatic rings. The Hall–Kier alpha value is -3.96. The minimum atomic E-state index is -4.20. The minimum Gasteiger partial charge on any atom is -0.497 e. The molecule has 5 N–H and O–H groups in total. The summed E-state index contributed by atoms with van der Waals surface area (Å²) in [5.74, 6) is -0.813. The molecule has 15 nitrogen and oxygen atoms in total. The molecule has 0 bridgehead atoms. The van der Waals surface area contributed by atoms with Gasteiger partial charge in [-0.3, -0.25) is 4.79 Å². The van der Waals surface area contributed by atoms with Gasteiger partial charge in [0.25, 0.3) is 0 Å². The molecule has 0 aliphatic carbocycles. The first-order chi connectivity index (χ1) is 23.3. The van der Waals surface area contributed by atoms with E-state index in [1.165, 1.54) is 35.7 Å². The summed E-state index contributed by atoms with van der Waals surface area (Å²) >= 11 is 0. The maximum Gasteiger partial charge on any atom is 0.407 e. The molecular weight excluding hydrogens is 660 g/mol. The van der Waals surface area contributed by atoms with E-state index >= 15 is 0 Å². The Kier molecular flexibility index (Phi) is 13.2.